The highest BCUT2D eigenvalue weighted by molar-refractivity contribution is 6.91. The van der Waals surface area contributed by atoms with E-state index in [1.54, 1.807) is 10.4 Å². The van der Waals surface area contributed by atoms with Gasteiger partial charge in [-0.2, -0.15) is 0 Å². The molecule has 1 aromatic heterocycles. The maximum absolute atomic E-state index is 4.10. The number of aromatic nitrogens is 1. The fourth-order valence-corrected chi connectivity index (χ4v) is 11.7. The van der Waals surface area contributed by atoms with Crippen LogP contribution in [0.1, 0.15) is 22.5 Å². The van der Waals surface area contributed by atoms with Crippen molar-refractivity contribution >= 4 is 91.2 Å². The van der Waals surface area contributed by atoms with Crippen LogP contribution in [0, 0.1) is 0 Å². The molecule has 9 rings (SSSR count). The van der Waals surface area contributed by atoms with Crippen LogP contribution in [0.25, 0.3) is 64.6 Å². The summed E-state index contributed by atoms with van der Waals surface area (Å²) >= 11 is 0. The Hall–Kier alpha value is -4.19. The van der Waals surface area contributed by atoms with Crippen molar-refractivity contribution in [3.8, 4) is 0 Å². The summed E-state index contributed by atoms with van der Waals surface area (Å²) in [6, 6.07) is 37.0. The minimum Gasteiger partial charge on any atom is -0.361 e. The molecule has 45 heavy (non-hydrogen) atoms. The lowest BCUT2D eigenvalue weighted by molar-refractivity contribution is 1.05. The van der Waals surface area contributed by atoms with Gasteiger partial charge in [0.1, 0.15) is 0 Å². The predicted molar refractivity (Wildman–Crippen MR) is 204 cm³/mol. The van der Waals surface area contributed by atoms with Crippen molar-refractivity contribution in [2.75, 3.05) is 0 Å². The summed E-state index contributed by atoms with van der Waals surface area (Å²) in [6.45, 7) is 15.1. The largest absolute Gasteiger partial charge is 0.361 e. The summed E-state index contributed by atoms with van der Waals surface area (Å²) in [5.41, 5.74) is 5.40. The number of aromatic amines is 1. The molecule has 9 aromatic rings. The Morgan fingerprint density at radius 2 is 0.822 bits per heavy atom. The van der Waals surface area contributed by atoms with Gasteiger partial charge in [0.05, 0.1) is 16.1 Å². The first kappa shape index (κ1) is 27.2. The highest BCUT2D eigenvalue weighted by atomic mass is 28.3. The van der Waals surface area contributed by atoms with Crippen molar-refractivity contribution < 1.29 is 0 Å². The Bertz CT molecular complexity index is 2350. The topological polar surface area (TPSA) is 15.8 Å². The summed E-state index contributed by atoms with van der Waals surface area (Å²) in [7, 11) is -3.38. The molecule has 1 heterocycles. The number of H-pyrrole nitrogens is 1. The molecule has 0 aliphatic carbocycles. The molecule has 3 heteroatoms. The maximum Gasteiger partial charge on any atom is 0.0784 e. The van der Waals surface area contributed by atoms with Crippen LogP contribution >= 0.6 is 0 Å². The predicted octanol–water partition coefficient (Wildman–Crippen LogP) is 10.5. The van der Waals surface area contributed by atoms with Crippen molar-refractivity contribution in [1.29, 1.82) is 0 Å². The van der Waals surface area contributed by atoms with E-state index in [2.05, 4.69) is 141 Å². The van der Waals surface area contributed by atoms with E-state index < -0.39 is 16.1 Å². The Kier molecular flexibility index (Phi) is 5.54. The molecule has 0 saturated heterocycles. The second-order valence-corrected chi connectivity index (χ2v) is 25.5. The molecule has 1 nitrogen and oxygen atoms in total. The van der Waals surface area contributed by atoms with Crippen LogP contribution in [-0.2, 0) is 12.8 Å². The van der Waals surface area contributed by atoms with Crippen LogP contribution in [0.15, 0.2) is 97.1 Å². The van der Waals surface area contributed by atoms with Crippen LogP contribution < -0.4 is 10.4 Å². The van der Waals surface area contributed by atoms with Crippen molar-refractivity contribution in [3.63, 3.8) is 0 Å². The second kappa shape index (κ2) is 9.18. The number of rotatable bonds is 6. The van der Waals surface area contributed by atoms with Crippen molar-refractivity contribution in [2.24, 2.45) is 0 Å². The first-order valence-electron chi connectivity index (χ1n) is 16.5. The van der Waals surface area contributed by atoms with Gasteiger partial charge in [0.2, 0.25) is 0 Å². The average molecular weight is 614 g/mol. The standard InChI is InChI=1S/C42H39NSi2/c1-44(2,3)34-23-30-37-32(21-25-13-9-7-10-14-25)43-33(22-26-15-11-8-12-16-26)38(37)31-24-35(45(4,5)6)29-20-18-27-17-19-28(34)39-36(27)40(29)42(31)41(30)39/h7-20,23-24,43H,21-22H2,1-6H3. The molecule has 0 atom stereocenters. The molecule has 0 fully saturated rings. The van der Waals surface area contributed by atoms with E-state index in [0.717, 1.165) is 12.8 Å². The van der Waals surface area contributed by atoms with Crippen LogP contribution in [0.2, 0.25) is 39.3 Å². The first-order valence-corrected chi connectivity index (χ1v) is 23.5. The van der Waals surface area contributed by atoms with E-state index in [9.17, 15) is 0 Å². The van der Waals surface area contributed by atoms with Gasteiger partial charge in [0.25, 0.3) is 0 Å². The molecule has 0 saturated carbocycles. The summed E-state index contributed by atoms with van der Waals surface area (Å²) in [5.74, 6) is 0. The van der Waals surface area contributed by atoms with Crippen molar-refractivity contribution in [2.45, 2.75) is 52.1 Å². The van der Waals surface area contributed by atoms with Gasteiger partial charge in [-0.15, -0.1) is 0 Å². The fourth-order valence-electron chi connectivity index (χ4n) is 8.47. The third-order valence-corrected chi connectivity index (χ3v) is 14.4. The summed E-state index contributed by atoms with van der Waals surface area (Å²) < 4.78 is 0. The molecular formula is C42H39NSi2. The molecule has 0 spiro atoms. The number of hydrogen-bond donors (Lipinski definition) is 1. The van der Waals surface area contributed by atoms with Gasteiger partial charge >= 0.3 is 0 Å². The monoisotopic (exact) mass is 613 g/mol. The van der Waals surface area contributed by atoms with Crippen LogP contribution in [0.4, 0.5) is 0 Å². The highest BCUT2D eigenvalue weighted by Gasteiger charge is 2.32. The molecule has 0 unspecified atom stereocenters. The summed E-state index contributed by atoms with van der Waals surface area (Å²) in [4.78, 5) is 4.10. The van der Waals surface area contributed by atoms with Crippen LogP contribution in [0.5, 0.6) is 0 Å². The number of fused-ring (bicyclic) bond motifs is 3. The zero-order valence-electron chi connectivity index (χ0n) is 27.2. The minimum absolute atomic E-state index is 0.896. The van der Waals surface area contributed by atoms with E-state index in [0.29, 0.717) is 0 Å². The van der Waals surface area contributed by atoms with E-state index in [1.165, 1.54) is 87.1 Å². The molecule has 0 aliphatic heterocycles. The average Bonchev–Trinajstić information content (AvgIpc) is 3.56. The van der Waals surface area contributed by atoms with Gasteiger partial charge in [-0.1, -0.05) is 147 Å². The van der Waals surface area contributed by atoms with E-state index >= 15 is 0 Å². The number of hydrogen-bond acceptors (Lipinski definition) is 0. The molecule has 0 amide bonds. The normalized spacial score (nSPS) is 13.3. The summed E-state index contributed by atoms with van der Waals surface area (Å²) in [6.07, 6.45) is 1.79. The molecule has 220 valence electrons. The zero-order valence-corrected chi connectivity index (χ0v) is 29.2. The lowest BCUT2D eigenvalue weighted by atomic mass is 9.91. The van der Waals surface area contributed by atoms with Crippen molar-refractivity contribution in [1.82, 2.24) is 4.98 Å². The minimum atomic E-state index is -1.69. The molecular weight excluding hydrogens is 575 g/mol. The lowest BCUT2D eigenvalue weighted by Crippen LogP contribution is -2.38. The van der Waals surface area contributed by atoms with E-state index in [4.69, 9.17) is 0 Å². The van der Waals surface area contributed by atoms with Gasteiger partial charge in [-0.05, 0) is 65.0 Å². The van der Waals surface area contributed by atoms with Crippen LogP contribution in [0.3, 0.4) is 0 Å². The molecule has 0 aliphatic rings. The van der Waals surface area contributed by atoms with Crippen LogP contribution in [-0.4, -0.2) is 21.1 Å². The SMILES string of the molecule is C[Si](C)(C)c1cc2c3c(Cc4ccccc4)[nH]c(Cc4ccccc4)c3c3cc([Si](C)(C)C)c4ccc5ccc1c1c5c4c3c21. The Balaban J connectivity index is 1.56. The van der Waals surface area contributed by atoms with Gasteiger partial charge < -0.3 is 4.98 Å². The third kappa shape index (κ3) is 3.84. The van der Waals surface area contributed by atoms with Gasteiger partial charge in [0, 0.05) is 35.0 Å². The van der Waals surface area contributed by atoms with E-state index in [-0.39, 0.29) is 0 Å². The highest BCUT2D eigenvalue weighted by Crippen LogP contribution is 2.52. The number of nitrogens with one attached hydrogen (secondary N) is 1. The van der Waals surface area contributed by atoms with E-state index in [1.807, 2.05) is 0 Å². The second-order valence-electron chi connectivity index (χ2n) is 15.4. The molecule has 0 radical (unpaired) electrons. The lowest BCUT2D eigenvalue weighted by Gasteiger charge is -2.22. The number of benzene rings is 7. The molecule has 0 bridgehead atoms. The summed E-state index contributed by atoms with van der Waals surface area (Å²) in [5, 5.41) is 20.8. The quantitative estimate of drug-likeness (QED) is 0.142. The third-order valence-electron chi connectivity index (χ3n) is 10.4. The van der Waals surface area contributed by atoms with Gasteiger partial charge in [-0.25, -0.2) is 0 Å². The fraction of sp³-hybridized carbons (Fsp3) is 0.190. The molecule has 1 N–H and O–H groups in total. The smallest absolute Gasteiger partial charge is 0.0784 e. The Morgan fingerprint density at radius 1 is 0.422 bits per heavy atom. The first-order chi connectivity index (χ1) is 21.6. The Labute approximate surface area is 266 Å². The maximum atomic E-state index is 4.10. The zero-order chi connectivity index (χ0) is 30.8. The van der Waals surface area contributed by atoms with Gasteiger partial charge in [-0.3, -0.25) is 0 Å². The molecule has 8 aromatic carbocycles. The van der Waals surface area contributed by atoms with Crippen molar-refractivity contribution in [3.05, 3.63) is 120 Å². The van der Waals surface area contributed by atoms with Gasteiger partial charge in [0.15, 0.2) is 0 Å². The Morgan fingerprint density at radius 3 is 1.22 bits per heavy atom.